The quantitative estimate of drug-likeness (QED) is 0.502. The van der Waals surface area contributed by atoms with Gasteiger partial charge in [-0.05, 0) is 54.5 Å². The number of amidine groups is 1. The zero-order valence-corrected chi connectivity index (χ0v) is 21.2. The second kappa shape index (κ2) is 11.3. The third-order valence-electron chi connectivity index (χ3n) is 5.50. The molecule has 0 unspecified atom stereocenters. The molecule has 0 saturated carbocycles. The number of hydrogen-bond donors (Lipinski definition) is 1. The number of carbonyl (C=O) groups excluding carboxylic acids is 2. The van der Waals surface area contributed by atoms with Crippen molar-refractivity contribution in [3.63, 3.8) is 0 Å². The van der Waals surface area contributed by atoms with Crippen LogP contribution in [0.25, 0.3) is 6.08 Å². The van der Waals surface area contributed by atoms with Crippen LogP contribution in [0.4, 0.5) is 14.5 Å². The minimum atomic E-state index is -3.15. The molecule has 2 heterocycles. The Balaban J connectivity index is 1.54. The minimum absolute atomic E-state index is 0.0326. The van der Waals surface area contributed by atoms with Gasteiger partial charge in [0.1, 0.15) is 17.2 Å². The van der Waals surface area contributed by atoms with Gasteiger partial charge in [0.05, 0.1) is 30.1 Å². The largest absolute Gasteiger partial charge is 0.497 e. The number of rotatable bonds is 8. The summed E-state index contributed by atoms with van der Waals surface area (Å²) in [5, 5.41) is 2.91. The Morgan fingerprint density at radius 3 is 2.46 bits per heavy atom. The highest BCUT2D eigenvalue weighted by atomic mass is 32.2. The Morgan fingerprint density at radius 2 is 1.86 bits per heavy atom. The van der Waals surface area contributed by atoms with Crippen LogP contribution in [0.3, 0.4) is 0 Å². The Labute approximate surface area is 216 Å². The van der Waals surface area contributed by atoms with Crippen LogP contribution in [-0.2, 0) is 19.4 Å². The van der Waals surface area contributed by atoms with E-state index >= 15 is 0 Å². The lowest BCUT2D eigenvalue weighted by atomic mass is 10.2. The van der Waals surface area contributed by atoms with Crippen molar-refractivity contribution in [2.45, 2.75) is 19.1 Å². The number of nitrogens with zero attached hydrogens (tertiary/aromatic N) is 2. The molecule has 196 valence electrons. The van der Waals surface area contributed by atoms with Gasteiger partial charge in [-0.15, -0.1) is 0 Å². The van der Waals surface area contributed by atoms with Crippen molar-refractivity contribution in [1.29, 1.82) is 0 Å². The molecule has 13 heteroatoms. The molecule has 0 aromatic heterocycles. The summed E-state index contributed by atoms with van der Waals surface area (Å²) in [6.07, 6.45) is 1.94. The summed E-state index contributed by atoms with van der Waals surface area (Å²) in [5.74, 6) is -0.466. The highest BCUT2D eigenvalue weighted by Gasteiger charge is 2.33. The molecule has 4 rings (SSSR count). The third-order valence-corrected chi connectivity index (χ3v) is 8.21. The van der Waals surface area contributed by atoms with Crippen LogP contribution in [0.5, 0.6) is 11.5 Å². The standard InChI is InChI=1S/C24H23F2N3O6S2/c1-34-18-6-2-15(3-7-18)12-20-22(31)29(17-4-8-19(9-5-17)35-23(25)26)24(28-20)36-13-21(30)27-16-10-11-37(32,33)14-16/h2-9,12,16,23H,10-11,13-14H2,1H3,(H,27,30)/b20-12-/t16-/m1/s1. The fourth-order valence-electron chi connectivity index (χ4n) is 3.76. The molecule has 1 saturated heterocycles. The van der Waals surface area contributed by atoms with E-state index in [1.54, 1.807) is 37.5 Å². The van der Waals surface area contributed by atoms with Crippen molar-refractivity contribution in [1.82, 2.24) is 5.32 Å². The molecule has 0 spiro atoms. The molecule has 1 atom stereocenters. The summed E-state index contributed by atoms with van der Waals surface area (Å²) >= 11 is 0.999. The number of sulfone groups is 1. The van der Waals surface area contributed by atoms with E-state index in [2.05, 4.69) is 15.0 Å². The maximum absolute atomic E-state index is 13.3. The van der Waals surface area contributed by atoms with E-state index in [1.165, 1.54) is 29.2 Å². The number of thioether (sulfide) groups is 1. The van der Waals surface area contributed by atoms with Gasteiger partial charge in [-0.1, -0.05) is 23.9 Å². The zero-order chi connectivity index (χ0) is 26.6. The molecule has 2 aliphatic heterocycles. The first-order valence-electron chi connectivity index (χ1n) is 11.1. The Kier molecular flexibility index (Phi) is 8.13. The van der Waals surface area contributed by atoms with E-state index in [0.29, 0.717) is 23.4 Å². The zero-order valence-electron chi connectivity index (χ0n) is 19.6. The SMILES string of the molecule is COc1ccc(/C=C2\N=C(SCC(=O)N[C@@H]3CCS(=O)(=O)C3)N(c3ccc(OC(F)F)cc3)C2=O)cc1. The molecule has 0 bridgehead atoms. The van der Waals surface area contributed by atoms with Crippen molar-refractivity contribution >= 4 is 50.3 Å². The summed E-state index contributed by atoms with van der Waals surface area (Å²) in [6, 6.07) is 12.0. The maximum atomic E-state index is 13.3. The van der Waals surface area contributed by atoms with Crippen molar-refractivity contribution in [2.24, 2.45) is 4.99 Å². The van der Waals surface area contributed by atoms with Gasteiger partial charge in [0.15, 0.2) is 15.0 Å². The van der Waals surface area contributed by atoms with Gasteiger partial charge in [-0.25, -0.2) is 13.4 Å². The second-order valence-electron chi connectivity index (χ2n) is 8.17. The number of methoxy groups -OCH3 is 1. The van der Waals surface area contributed by atoms with Gasteiger partial charge in [0.25, 0.3) is 5.91 Å². The van der Waals surface area contributed by atoms with Crippen molar-refractivity contribution < 1.29 is 36.3 Å². The number of nitrogens with one attached hydrogen (secondary N) is 1. The molecule has 1 fully saturated rings. The smallest absolute Gasteiger partial charge is 0.387 e. The van der Waals surface area contributed by atoms with E-state index in [4.69, 9.17) is 4.74 Å². The van der Waals surface area contributed by atoms with Crippen molar-refractivity contribution in [3.05, 3.63) is 59.8 Å². The van der Waals surface area contributed by atoms with Gasteiger partial charge in [-0.2, -0.15) is 8.78 Å². The average Bonchev–Trinajstić information content (AvgIpc) is 3.36. The fourth-order valence-corrected chi connectivity index (χ4v) is 6.26. The average molecular weight is 552 g/mol. The van der Waals surface area contributed by atoms with E-state index in [1.807, 2.05) is 0 Å². The predicted molar refractivity (Wildman–Crippen MR) is 137 cm³/mol. The van der Waals surface area contributed by atoms with Crippen molar-refractivity contribution in [2.75, 3.05) is 29.3 Å². The summed E-state index contributed by atoms with van der Waals surface area (Å²) in [7, 11) is -1.61. The van der Waals surface area contributed by atoms with Crippen LogP contribution in [-0.4, -0.2) is 62.4 Å². The number of carbonyl (C=O) groups is 2. The molecule has 9 nitrogen and oxygen atoms in total. The number of amides is 2. The molecule has 0 aliphatic carbocycles. The summed E-state index contributed by atoms with van der Waals surface area (Å²) in [6.45, 7) is -2.99. The molecule has 2 aromatic rings. The third kappa shape index (κ3) is 6.86. The molecule has 37 heavy (non-hydrogen) atoms. The summed E-state index contributed by atoms with van der Waals surface area (Å²) < 4.78 is 57.9. The molecule has 0 radical (unpaired) electrons. The molecule has 1 N–H and O–H groups in total. The number of aliphatic imine (C=N–C) groups is 1. The number of alkyl halides is 2. The molecule has 2 amide bonds. The van der Waals surface area contributed by atoms with Crippen LogP contribution in [0.15, 0.2) is 59.2 Å². The predicted octanol–water partition coefficient (Wildman–Crippen LogP) is 3.08. The van der Waals surface area contributed by atoms with Gasteiger partial charge >= 0.3 is 6.61 Å². The maximum Gasteiger partial charge on any atom is 0.387 e. The van der Waals surface area contributed by atoms with Gasteiger partial charge < -0.3 is 14.8 Å². The Hall–Kier alpha value is -3.45. The highest BCUT2D eigenvalue weighted by Crippen LogP contribution is 2.31. The minimum Gasteiger partial charge on any atom is -0.497 e. The molecular formula is C24H23F2N3O6S2. The van der Waals surface area contributed by atoms with Gasteiger partial charge in [-0.3, -0.25) is 14.5 Å². The number of benzene rings is 2. The first-order valence-corrected chi connectivity index (χ1v) is 13.9. The summed E-state index contributed by atoms with van der Waals surface area (Å²) in [5.41, 5.74) is 1.15. The van der Waals surface area contributed by atoms with Gasteiger partial charge in [0.2, 0.25) is 5.91 Å². The summed E-state index contributed by atoms with van der Waals surface area (Å²) in [4.78, 5) is 31.5. The Morgan fingerprint density at radius 1 is 1.19 bits per heavy atom. The molecular weight excluding hydrogens is 528 g/mol. The number of halogens is 2. The monoisotopic (exact) mass is 551 g/mol. The number of hydrogen-bond acceptors (Lipinski definition) is 8. The topological polar surface area (TPSA) is 114 Å². The lowest BCUT2D eigenvalue weighted by Crippen LogP contribution is -2.37. The molecule has 2 aromatic carbocycles. The molecule has 2 aliphatic rings. The number of anilines is 1. The lowest BCUT2D eigenvalue weighted by molar-refractivity contribution is -0.119. The van der Waals surface area contributed by atoms with Crippen LogP contribution in [0, 0.1) is 0 Å². The second-order valence-corrected chi connectivity index (χ2v) is 11.3. The van der Waals surface area contributed by atoms with Crippen LogP contribution in [0.1, 0.15) is 12.0 Å². The van der Waals surface area contributed by atoms with Crippen molar-refractivity contribution in [3.8, 4) is 11.5 Å². The van der Waals surface area contributed by atoms with Gasteiger partial charge in [0, 0.05) is 6.04 Å². The van der Waals surface area contributed by atoms with Crippen LogP contribution >= 0.6 is 11.8 Å². The van der Waals surface area contributed by atoms with E-state index in [-0.39, 0.29) is 33.9 Å². The first-order chi connectivity index (χ1) is 17.6. The van der Waals surface area contributed by atoms with E-state index in [9.17, 15) is 26.8 Å². The normalized spacial score (nSPS) is 19.8. The van der Waals surface area contributed by atoms with Crippen LogP contribution < -0.4 is 19.7 Å². The van der Waals surface area contributed by atoms with Crippen LogP contribution in [0.2, 0.25) is 0 Å². The first kappa shape index (κ1) is 26.6. The highest BCUT2D eigenvalue weighted by molar-refractivity contribution is 8.14. The number of ether oxygens (including phenoxy) is 2. The lowest BCUT2D eigenvalue weighted by Gasteiger charge is -2.18. The van der Waals surface area contributed by atoms with E-state index in [0.717, 1.165) is 11.8 Å². The Bertz CT molecular complexity index is 1330. The van der Waals surface area contributed by atoms with E-state index < -0.39 is 34.3 Å². The fraction of sp³-hybridized carbons (Fsp3) is 0.292.